The molecule has 19 heavy (non-hydrogen) atoms. The number of hydrogen-bond donors (Lipinski definition) is 2. The van der Waals surface area contributed by atoms with Crippen LogP contribution in [0.5, 0.6) is 5.75 Å². The van der Waals surface area contributed by atoms with E-state index in [4.69, 9.17) is 4.74 Å². The van der Waals surface area contributed by atoms with Crippen LogP contribution in [0.2, 0.25) is 0 Å². The normalized spacial score (nSPS) is 20.5. The van der Waals surface area contributed by atoms with Crippen molar-refractivity contribution < 1.29 is 9.84 Å². The molecule has 2 unspecified atom stereocenters. The van der Waals surface area contributed by atoms with Crippen LogP contribution in [0.3, 0.4) is 0 Å². The van der Waals surface area contributed by atoms with Gasteiger partial charge in [-0.1, -0.05) is 6.07 Å². The van der Waals surface area contributed by atoms with Crippen LogP contribution in [0.25, 0.3) is 0 Å². The monoisotopic (exact) mass is 281 g/mol. The van der Waals surface area contributed by atoms with E-state index in [0.717, 1.165) is 11.5 Å². The van der Waals surface area contributed by atoms with Gasteiger partial charge in [0.15, 0.2) is 0 Å². The Morgan fingerprint density at radius 3 is 2.74 bits per heavy atom. The van der Waals surface area contributed by atoms with Crippen molar-refractivity contribution in [2.24, 2.45) is 0 Å². The van der Waals surface area contributed by atoms with E-state index < -0.39 is 6.10 Å². The molecule has 0 aliphatic carbocycles. The minimum Gasteiger partial charge on any atom is -0.491 e. The minimum absolute atomic E-state index is 0.343. The van der Waals surface area contributed by atoms with E-state index in [1.54, 1.807) is 0 Å². The lowest BCUT2D eigenvalue weighted by molar-refractivity contribution is 0.104. The van der Waals surface area contributed by atoms with Gasteiger partial charge in [-0.3, -0.25) is 0 Å². The lowest BCUT2D eigenvalue weighted by atomic mass is 10.1. The van der Waals surface area contributed by atoms with E-state index in [-0.39, 0.29) is 0 Å². The fraction of sp³-hybridized carbons (Fsp3) is 0.600. The van der Waals surface area contributed by atoms with Gasteiger partial charge in [0.1, 0.15) is 18.5 Å². The first-order valence-electron chi connectivity index (χ1n) is 6.84. The molecule has 1 saturated heterocycles. The highest BCUT2D eigenvalue weighted by atomic mass is 32.2. The van der Waals surface area contributed by atoms with Crippen molar-refractivity contribution >= 4 is 11.8 Å². The van der Waals surface area contributed by atoms with Crippen molar-refractivity contribution in [1.29, 1.82) is 0 Å². The predicted molar refractivity (Wildman–Crippen MR) is 81.2 cm³/mol. The summed E-state index contributed by atoms with van der Waals surface area (Å²) in [7, 11) is 0. The number of hydrogen-bond acceptors (Lipinski definition) is 4. The summed E-state index contributed by atoms with van der Waals surface area (Å²) in [5, 5.41) is 13.3. The molecule has 4 heteroatoms. The standard InChI is InChI=1S/C15H23NO2S/c1-11-5-12(2)7-15(6-11)18-9-14(17)8-16-13-3-4-19-10-13/h5-7,13-14,16-17H,3-4,8-10H2,1-2H3. The molecule has 1 aliphatic heterocycles. The molecule has 1 fully saturated rings. The second kappa shape index (κ2) is 7.17. The molecular formula is C15H23NO2S. The molecular weight excluding hydrogens is 258 g/mol. The number of benzene rings is 1. The highest BCUT2D eigenvalue weighted by Crippen LogP contribution is 2.17. The van der Waals surface area contributed by atoms with Crippen LogP contribution in [-0.4, -0.2) is 41.9 Å². The highest BCUT2D eigenvalue weighted by molar-refractivity contribution is 7.99. The Morgan fingerprint density at radius 2 is 2.11 bits per heavy atom. The van der Waals surface area contributed by atoms with Gasteiger partial charge in [-0.05, 0) is 49.3 Å². The molecule has 0 radical (unpaired) electrons. The molecule has 2 N–H and O–H groups in total. The molecule has 2 rings (SSSR count). The van der Waals surface area contributed by atoms with E-state index in [2.05, 4.69) is 25.2 Å². The fourth-order valence-electron chi connectivity index (χ4n) is 2.27. The van der Waals surface area contributed by atoms with E-state index in [9.17, 15) is 5.11 Å². The number of thioether (sulfide) groups is 1. The third-order valence-electron chi connectivity index (χ3n) is 3.21. The van der Waals surface area contributed by atoms with Crippen LogP contribution in [0.1, 0.15) is 17.5 Å². The topological polar surface area (TPSA) is 41.5 Å². The molecule has 1 aromatic rings. The zero-order valence-corrected chi connectivity index (χ0v) is 12.5. The first-order valence-corrected chi connectivity index (χ1v) is 7.99. The smallest absolute Gasteiger partial charge is 0.119 e. The molecule has 0 bridgehead atoms. The summed E-state index contributed by atoms with van der Waals surface area (Å²) in [6.07, 6.45) is 0.751. The second-order valence-corrected chi connectivity index (χ2v) is 6.41. The van der Waals surface area contributed by atoms with Gasteiger partial charge in [-0.15, -0.1) is 0 Å². The predicted octanol–water partition coefficient (Wildman–Crippen LogP) is 2.14. The minimum atomic E-state index is -0.452. The Hall–Kier alpha value is -0.710. The first-order chi connectivity index (χ1) is 9.13. The van der Waals surface area contributed by atoms with Gasteiger partial charge < -0.3 is 15.2 Å². The summed E-state index contributed by atoms with van der Waals surface area (Å²) in [5.41, 5.74) is 2.37. The van der Waals surface area contributed by atoms with Gasteiger partial charge >= 0.3 is 0 Å². The Kier molecular flexibility index (Phi) is 5.55. The molecule has 2 atom stereocenters. The van der Waals surface area contributed by atoms with Gasteiger partial charge in [0.25, 0.3) is 0 Å². The lowest BCUT2D eigenvalue weighted by Gasteiger charge is -2.16. The average molecular weight is 281 g/mol. The van der Waals surface area contributed by atoms with Gasteiger partial charge in [0, 0.05) is 18.3 Å². The SMILES string of the molecule is Cc1cc(C)cc(OCC(O)CNC2CCSC2)c1. The number of rotatable bonds is 6. The third kappa shape index (κ3) is 5.05. The summed E-state index contributed by atoms with van der Waals surface area (Å²) >= 11 is 1.97. The van der Waals surface area contributed by atoms with Crippen LogP contribution in [-0.2, 0) is 0 Å². The zero-order chi connectivity index (χ0) is 13.7. The number of aliphatic hydroxyl groups is 1. The van der Waals surface area contributed by atoms with Crippen molar-refractivity contribution in [2.75, 3.05) is 24.7 Å². The maximum absolute atomic E-state index is 9.92. The summed E-state index contributed by atoms with van der Waals surface area (Å²) in [4.78, 5) is 0. The Labute approximate surface area is 119 Å². The Bertz CT molecular complexity index is 385. The first kappa shape index (κ1) is 14.7. The molecule has 1 aromatic carbocycles. The van der Waals surface area contributed by atoms with Gasteiger partial charge in [-0.2, -0.15) is 11.8 Å². The number of ether oxygens (including phenoxy) is 1. The molecule has 0 saturated carbocycles. The van der Waals surface area contributed by atoms with E-state index in [1.807, 2.05) is 23.9 Å². The second-order valence-electron chi connectivity index (χ2n) is 5.26. The number of aliphatic hydroxyl groups excluding tert-OH is 1. The summed E-state index contributed by atoms with van der Waals surface area (Å²) in [6, 6.07) is 6.67. The third-order valence-corrected chi connectivity index (χ3v) is 4.37. The van der Waals surface area contributed by atoms with Gasteiger partial charge in [0.05, 0.1) is 0 Å². The summed E-state index contributed by atoms with van der Waals surface area (Å²) in [6.45, 7) is 5.05. The molecule has 1 aliphatic rings. The van der Waals surface area contributed by atoms with Crippen molar-refractivity contribution in [3.63, 3.8) is 0 Å². The number of nitrogens with one attached hydrogen (secondary N) is 1. The van der Waals surface area contributed by atoms with Crippen LogP contribution < -0.4 is 10.1 Å². The van der Waals surface area contributed by atoms with E-state index >= 15 is 0 Å². The molecule has 0 aromatic heterocycles. The largest absolute Gasteiger partial charge is 0.491 e. The van der Waals surface area contributed by atoms with Crippen LogP contribution in [0.4, 0.5) is 0 Å². The lowest BCUT2D eigenvalue weighted by Crippen LogP contribution is -2.38. The van der Waals surface area contributed by atoms with Crippen molar-refractivity contribution in [2.45, 2.75) is 32.4 Å². The van der Waals surface area contributed by atoms with E-state index in [0.29, 0.717) is 19.2 Å². The maximum atomic E-state index is 9.92. The van der Waals surface area contributed by atoms with Crippen LogP contribution in [0.15, 0.2) is 18.2 Å². The zero-order valence-electron chi connectivity index (χ0n) is 11.7. The van der Waals surface area contributed by atoms with Gasteiger partial charge in [0.2, 0.25) is 0 Å². The Morgan fingerprint density at radius 1 is 1.37 bits per heavy atom. The van der Waals surface area contributed by atoms with Crippen LogP contribution in [0, 0.1) is 13.8 Å². The van der Waals surface area contributed by atoms with Crippen molar-refractivity contribution in [3.05, 3.63) is 29.3 Å². The van der Waals surface area contributed by atoms with Crippen molar-refractivity contribution in [1.82, 2.24) is 5.32 Å². The van der Waals surface area contributed by atoms with Crippen molar-refractivity contribution in [3.8, 4) is 5.75 Å². The van der Waals surface area contributed by atoms with Gasteiger partial charge in [-0.25, -0.2) is 0 Å². The fourth-order valence-corrected chi connectivity index (χ4v) is 3.45. The Balaban J connectivity index is 1.71. The number of aryl methyl sites for hydroxylation is 2. The highest BCUT2D eigenvalue weighted by Gasteiger charge is 2.16. The molecule has 0 amide bonds. The molecule has 0 spiro atoms. The summed E-state index contributed by atoms with van der Waals surface area (Å²) in [5.74, 6) is 3.23. The quantitative estimate of drug-likeness (QED) is 0.838. The maximum Gasteiger partial charge on any atom is 0.119 e. The molecule has 106 valence electrons. The molecule has 1 heterocycles. The van der Waals surface area contributed by atoms with E-state index in [1.165, 1.54) is 23.3 Å². The average Bonchev–Trinajstić information content (AvgIpc) is 2.86. The molecule has 3 nitrogen and oxygen atoms in total. The summed E-state index contributed by atoms with van der Waals surface area (Å²) < 4.78 is 5.65. The van der Waals surface area contributed by atoms with Crippen LogP contribution >= 0.6 is 11.8 Å².